The van der Waals surface area contributed by atoms with Gasteiger partial charge in [-0.3, -0.25) is 13.9 Å². The summed E-state index contributed by atoms with van der Waals surface area (Å²) in [6.45, 7) is 1.93. The molecule has 7 heteroatoms. The maximum atomic E-state index is 12.8. The first-order valence-electron chi connectivity index (χ1n) is 7.40. The van der Waals surface area contributed by atoms with Crippen LogP contribution in [0.5, 0.6) is 0 Å². The summed E-state index contributed by atoms with van der Waals surface area (Å²) in [5.41, 5.74) is 7.51. The van der Waals surface area contributed by atoms with Crippen molar-refractivity contribution in [1.82, 2.24) is 9.13 Å². The number of fused-ring (bicyclic) bond motifs is 1. The molecular formula is C17H17N5O2. The van der Waals surface area contributed by atoms with Crippen LogP contribution in [0.3, 0.4) is 0 Å². The van der Waals surface area contributed by atoms with Gasteiger partial charge in [-0.15, -0.1) is 0 Å². The molecule has 1 aromatic carbocycles. The third kappa shape index (κ3) is 2.12. The molecule has 0 unspecified atom stereocenters. The van der Waals surface area contributed by atoms with Crippen LogP contribution in [-0.4, -0.2) is 9.13 Å². The lowest BCUT2D eigenvalue weighted by Crippen LogP contribution is -2.43. The number of allylic oxidation sites excluding steroid dienone is 1. The number of hydrogen-bond donors (Lipinski definition) is 2. The van der Waals surface area contributed by atoms with Crippen molar-refractivity contribution in [3.63, 3.8) is 0 Å². The van der Waals surface area contributed by atoms with Gasteiger partial charge in [-0.25, -0.2) is 4.79 Å². The van der Waals surface area contributed by atoms with E-state index in [1.165, 1.54) is 11.6 Å². The Hall–Kier alpha value is -3.27. The van der Waals surface area contributed by atoms with Gasteiger partial charge >= 0.3 is 5.69 Å². The van der Waals surface area contributed by atoms with Gasteiger partial charge in [-0.05, 0) is 12.5 Å². The Balaban J connectivity index is 2.44. The minimum absolute atomic E-state index is 0.153. The molecule has 0 spiro atoms. The van der Waals surface area contributed by atoms with Crippen molar-refractivity contribution in [3.8, 4) is 6.07 Å². The molecule has 2 heterocycles. The van der Waals surface area contributed by atoms with Crippen LogP contribution in [0.4, 0.5) is 5.82 Å². The number of rotatable bonds is 1. The Morgan fingerprint density at radius 3 is 2.58 bits per heavy atom. The van der Waals surface area contributed by atoms with Gasteiger partial charge in [0.25, 0.3) is 5.56 Å². The molecule has 0 radical (unpaired) electrons. The van der Waals surface area contributed by atoms with Gasteiger partial charge < -0.3 is 11.1 Å². The quantitative estimate of drug-likeness (QED) is 0.801. The van der Waals surface area contributed by atoms with E-state index < -0.39 is 17.2 Å². The topological polar surface area (TPSA) is 106 Å². The summed E-state index contributed by atoms with van der Waals surface area (Å²) < 4.78 is 2.38. The molecule has 0 aliphatic carbocycles. The fourth-order valence-corrected chi connectivity index (χ4v) is 3.08. The predicted molar refractivity (Wildman–Crippen MR) is 90.4 cm³/mol. The average Bonchev–Trinajstić information content (AvgIpc) is 2.57. The van der Waals surface area contributed by atoms with Crippen molar-refractivity contribution in [3.05, 3.63) is 73.2 Å². The van der Waals surface area contributed by atoms with Crippen LogP contribution in [0.1, 0.15) is 22.6 Å². The van der Waals surface area contributed by atoms with Crippen LogP contribution in [0.2, 0.25) is 0 Å². The summed E-state index contributed by atoms with van der Waals surface area (Å²) in [6.07, 6.45) is 0. The number of nitrogens with zero attached hydrogens (tertiary/aromatic N) is 3. The average molecular weight is 323 g/mol. The molecule has 1 atom stereocenters. The van der Waals surface area contributed by atoms with E-state index in [1.807, 2.05) is 31.2 Å². The number of nitrogens with one attached hydrogen (secondary N) is 1. The van der Waals surface area contributed by atoms with Gasteiger partial charge in [0.15, 0.2) is 0 Å². The summed E-state index contributed by atoms with van der Waals surface area (Å²) in [7, 11) is 2.98. The first-order chi connectivity index (χ1) is 11.4. The van der Waals surface area contributed by atoms with Crippen LogP contribution in [0.25, 0.3) is 0 Å². The third-order valence-corrected chi connectivity index (χ3v) is 4.32. The second-order valence-corrected chi connectivity index (χ2v) is 5.88. The smallest absolute Gasteiger partial charge is 0.332 e. The predicted octanol–water partition coefficient (Wildman–Crippen LogP) is 0.644. The summed E-state index contributed by atoms with van der Waals surface area (Å²) in [5.74, 6) is -0.137. The molecule has 2 aromatic rings. The highest BCUT2D eigenvalue weighted by Gasteiger charge is 2.34. The molecule has 1 aromatic heterocycles. The minimum atomic E-state index is -0.614. The molecule has 0 saturated carbocycles. The van der Waals surface area contributed by atoms with Gasteiger partial charge in [-0.2, -0.15) is 5.26 Å². The highest BCUT2D eigenvalue weighted by atomic mass is 16.2. The first kappa shape index (κ1) is 15.6. The maximum absolute atomic E-state index is 12.8. The number of benzene rings is 1. The molecule has 1 aliphatic heterocycles. The molecule has 0 bridgehead atoms. The standard InChI is InChI=1S/C17H17N5O2/c1-9-5-4-6-10(7-9)12-11(8-18)14(19)20-15-13(12)16(23)22(3)17(24)21(15)2/h4-7,12,20H,19H2,1-3H3/t12-/m0/s1. The zero-order valence-electron chi connectivity index (χ0n) is 13.6. The second-order valence-electron chi connectivity index (χ2n) is 5.88. The van der Waals surface area contributed by atoms with Crippen molar-refractivity contribution in [2.45, 2.75) is 12.8 Å². The zero-order chi connectivity index (χ0) is 17.6. The Bertz CT molecular complexity index is 1040. The lowest BCUT2D eigenvalue weighted by atomic mass is 9.83. The fourth-order valence-electron chi connectivity index (χ4n) is 3.08. The molecule has 7 nitrogen and oxygen atoms in total. The van der Waals surface area contributed by atoms with Crippen molar-refractivity contribution in [2.24, 2.45) is 19.8 Å². The Morgan fingerprint density at radius 2 is 1.96 bits per heavy atom. The summed E-state index contributed by atoms with van der Waals surface area (Å²) in [6, 6.07) is 9.66. The van der Waals surface area contributed by atoms with Gasteiger partial charge in [0.1, 0.15) is 11.6 Å². The Kier molecular flexibility index (Phi) is 3.53. The molecule has 24 heavy (non-hydrogen) atoms. The van der Waals surface area contributed by atoms with Crippen molar-refractivity contribution < 1.29 is 0 Å². The number of hydrogen-bond acceptors (Lipinski definition) is 5. The summed E-state index contributed by atoms with van der Waals surface area (Å²) in [5, 5.41) is 12.4. The number of nitrogens with two attached hydrogens (primary N) is 1. The number of aromatic nitrogens is 2. The largest absolute Gasteiger partial charge is 0.384 e. The Labute approximate surface area is 138 Å². The summed E-state index contributed by atoms with van der Waals surface area (Å²) in [4.78, 5) is 24.9. The molecule has 3 rings (SSSR count). The van der Waals surface area contributed by atoms with E-state index in [0.29, 0.717) is 11.4 Å². The van der Waals surface area contributed by atoms with Crippen LogP contribution >= 0.6 is 0 Å². The van der Waals surface area contributed by atoms with Gasteiger partial charge in [0.2, 0.25) is 0 Å². The SMILES string of the molecule is Cc1cccc([C@H]2C(C#N)=C(N)Nc3c2c(=O)n(C)c(=O)n3C)c1. The lowest BCUT2D eigenvalue weighted by molar-refractivity contribution is 0.664. The van der Waals surface area contributed by atoms with Crippen LogP contribution in [0.15, 0.2) is 45.2 Å². The van der Waals surface area contributed by atoms with Crippen LogP contribution in [-0.2, 0) is 14.1 Å². The highest BCUT2D eigenvalue weighted by Crippen LogP contribution is 2.37. The third-order valence-electron chi connectivity index (χ3n) is 4.32. The number of nitriles is 1. The molecule has 1 aliphatic rings. The normalized spacial score (nSPS) is 16.3. The first-order valence-corrected chi connectivity index (χ1v) is 7.40. The molecule has 122 valence electrons. The van der Waals surface area contributed by atoms with Gasteiger partial charge in [-0.1, -0.05) is 29.8 Å². The molecule has 0 fully saturated rings. The maximum Gasteiger partial charge on any atom is 0.332 e. The van der Waals surface area contributed by atoms with E-state index in [4.69, 9.17) is 5.73 Å². The van der Waals surface area contributed by atoms with Crippen molar-refractivity contribution >= 4 is 5.82 Å². The van der Waals surface area contributed by atoms with Crippen LogP contribution < -0.4 is 22.3 Å². The Morgan fingerprint density at radius 1 is 1.25 bits per heavy atom. The molecule has 3 N–H and O–H groups in total. The zero-order valence-corrected chi connectivity index (χ0v) is 13.6. The van der Waals surface area contributed by atoms with E-state index in [1.54, 1.807) is 7.05 Å². The van der Waals surface area contributed by atoms with Crippen molar-refractivity contribution in [2.75, 3.05) is 5.32 Å². The monoisotopic (exact) mass is 323 g/mol. The van der Waals surface area contributed by atoms with Gasteiger partial charge in [0.05, 0.1) is 23.1 Å². The van der Waals surface area contributed by atoms with E-state index in [9.17, 15) is 14.9 Å². The fraction of sp³-hybridized carbons (Fsp3) is 0.235. The van der Waals surface area contributed by atoms with E-state index in [-0.39, 0.29) is 11.4 Å². The molecular weight excluding hydrogens is 306 g/mol. The lowest BCUT2D eigenvalue weighted by Gasteiger charge is -2.28. The molecule has 0 saturated heterocycles. The summed E-state index contributed by atoms with van der Waals surface area (Å²) >= 11 is 0. The van der Waals surface area contributed by atoms with E-state index in [2.05, 4.69) is 11.4 Å². The number of aryl methyl sites for hydroxylation is 1. The van der Waals surface area contributed by atoms with E-state index in [0.717, 1.165) is 15.7 Å². The second kappa shape index (κ2) is 5.42. The van der Waals surface area contributed by atoms with E-state index >= 15 is 0 Å². The molecule has 0 amide bonds. The highest BCUT2D eigenvalue weighted by molar-refractivity contribution is 5.64. The van der Waals surface area contributed by atoms with Gasteiger partial charge in [0, 0.05) is 14.1 Å². The van der Waals surface area contributed by atoms with Crippen LogP contribution in [0, 0.1) is 18.3 Å². The van der Waals surface area contributed by atoms with Crippen molar-refractivity contribution in [1.29, 1.82) is 5.26 Å². The number of anilines is 1. The minimum Gasteiger partial charge on any atom is -0.384 e.